The maximum atomic E-state index is 5.91. The highest BCUT2D eigenvalue weighted by molar-refractivity contribution is 5.35. The van der Waals surface area contributed by atoms with Gasteiger partial charge in [0, 0.05) is 12.3 Å². The van der Waals surface area contributed by atoms with E-state index >= 15 is 0 Å². The molecular weight excluding hydrogens is 200 g/mol. The number of nitrogens with two attached hydrogens (primary N) is 1. The molecule has 2 N–H and O–H groups in total. The van der Waals surface area contributed by atoms with Gasteiger partial charge in [-0.1, -0.05) is 13.8 Å². The molecule has 1 fully saturated rings. The maximum Gasteiger partial charge on any atom is 0.126 e. The van der Waals surface area contributed by atoms with Gasteiger partial charge in [0.25, 0.3) is 0 Å². The summed E-state index contributed by atoms with van der Waals surface area (Å²) in [5.74, 6) is 1.37. The van der Waals surface area contributed by atoms with E-state index in [1.165, 1.54) is 12.8 Å². The Bertz CT molecular complexity index is 353. The molecule has 3 nitrogen and oxygen atoms in total. The molecule has 0 atom stereocenters. The average Bonchev–Trinajstić information content (AvgIpc) is 2.21. The molecule has 1 saturated carbocycles. The molecular formula is C13H20N2O. The number of anilines is 1. The van der Waals surface area contributed by atoms with E-state index in [-0.39, 0.29) is 0 Å². The first-order valence-corrected chi connectivity index (χ1v) is 5.93. The molecule has 1 aromatic heterocycles. The molecule has 16 heavy (non-hydrogen) atoms. The van der Waals surface area contributed by atoms with E-state index in [2.05, 4.69) is 18.8 Å². The van der Waals surface area contributed by atoms with Gasteiger partial charge in [0.2, 0.25) is 0 Å². The zero-order valence-corrected chi connectivity index (χ0v) is 10.1. The summed E-state index contributed by atoms with van der Waals surface area (Å²) in [5.41, 5.74) is 6.10. The second-order valence-electron chi connectivity index (χ2n) is 5.40. The lowest BCUT2D eigenvalue weighted by atomic mass is 9.76. The fourth-order valence-corrected chi connectivity index (χ4v) is 2.18. The van der Waals surface area contributed by atoms with Crippen LogP contribution in [0.3, 0.4) is 0 Å². The number of ether oxygens (including phenoxy) is 1. The number of nitrogen functional groups attached to an aromatic ring is 1. The second kappa shape index (κ2) is 4.32. The Labute approximate surface area is 97.0 Å². The van der Waals surface area contributed by atoms with Crippen LogP contribution in [0.2, 0.25) is 0 Å². The predicted molar refractivity (Wildman–Crippen MR) is 65.3 cm³/mol. The minimum atomic E-state index is 0.342. The fraction of sp³-hybridized carbons (Fsp3) is 0.615. The van der Waals surface area contributed by atoms with Crippen LogP contribution in [0.25, 0.3) is 0 Å². The smallest absolute Gasteiger partial charge is 0.126 e. The van der Waals surface area contributed by atoms with E-state index in [0.717, 1.165) is 18.6 Å². The third-order valence-electron chi connectivity index (χ3n) is 3.34. The van der Waals surface area contributed by atoms with Crippen molar-refractivity contribution in [3.63, 3.8) is 0 Å². The number of pyridine rings is 1. The molecule has 1 aromatic rings. The van der Waals surface area contributed by atoms with Crippen molar-refractivity contribution < 1.29 is 4.74 Å². The maximum absolute atomic E-state index is 5.91. The minimum Gasteiger partial charge on any atom is -0.490 e. The number of hydrogen-bond donors (Lipinski definition) is 1. The van der Waals surface area contributed by atoms with Crippen LogP contribution in [0, 0.1) is 5.41 Å². The van der Waals surface area contributed by atoms with Crippen molar-refractivity contribution in [3.05, 3.63) is 18.3 Å². The monoisotopic (exact) mass is 220 g/mol. The lowest BCUT2D eigenvalue weighted by molar-refractivity contribution is 0.0987. The van der Waals surface area contributed by atoms with Gasteiger partial charge < -0.3 is 10.5 Å². The lowest BCUT2D eigenvalue weighted by Gasteiger charge is -2.34. The van der Waals surface area contributed by atoms with Crippen LogP contribution in [0.5, 0.6) is 5.75 Å². The Hall–Kier alpha value is -1.25. The van der Waals surface area contributed by atoms with Crippen molar-refractivity contribution in [1.82, 2.24) is 4.98 Å². The zero-order valence-electron chi connectivity index (χ0n) is 10.1. The molecule has 0 unspecified atom stereocenters. The normalized spacial score (nSPS) is 20.6. The van der Waals surface area contributed by atoms with Crippen molar-refractivity contribution in [2.75, 3.05) is 5.73 Å². The quantitative estimate of drug-likeness (QED) is 0.833. The SMILES string of the molecule is CC1(C)CCC(Oc2ccnc(N)c2)CC1. The summed E-state index contributed by atoms with van der Waals surface area (Å²) in [5, 5.41) is 0. The van der Waals surface area contributed by atoms with E-state index in [1.807, 2.05) is 6.07 Å². The second-order valence-corrected chi connectivity index (χ2v) is 5.40. The van der Waals surface area contributed by atoms with Crippen LogP contribution >= 0.6 is 0 Å². The molecule has 0 bridgehead atoms. The van der Waals surface area contributed by atoms with Gasteiger partial charge in [-0.2, -0.15) is 0 Å². The van der Waals surface area contributed by atoms with Crippen LogP contribution in [0.15, 0.2) is 18.3 Å². The summed E-state index contributed by atoms with van der Waals surface area (Å²) in [7, 11) is 0. The van der Waals surface area contributed by atoms with Crippen molar-refractivity contribution in [1.29, 1.82) is 0 Å². The standard InChI is InChI=1S/C13H20N2O/c1-13(2)6-3-10(4-7-13)16-11-5-8-15-12(14)9-11/h5,8-10H,3-4,6-7H2,1-2H3,(H2,14,15). The highest BCUT2D eigenvalue weighted by atomic mass is 16.5. The van der Waals surface area contributed by atoms with Crippen LogP contribution in [-0.2, 0) is 0 Å². The zero-order chi connectivity index (χ0) is 11.6. The van der Waals surface area contributed by atoms with Crippen molar-refractivity contribution in [2.24, 2.45) is 5.41 Å². The topological polar surface area (TPSA) is 48.1 Å². The van der Waals surface area contributed by atoms with Gasteiger partial charge in [0.05, 0.1) is 6.10 Å². The van der Waals surface area contributed by atoms with Crippen molar-refractivity contribution in [2.45, 2.75) is 45.6 Å². The molecule has 3 heteroatoms. The Kier molecular flexibility index (Phi) is 3.03. The molecule has 1 aliphatic carbocycles. The Balaban J connectivity index is 1.92. The summed E-state index contributed by atoms with van der Waals surface area (Å²) >= 11 is 0. The van der Waals surface area contributed by atoms with Crippen molar-refractivity contribution >= 4 is 5.82 Å². The molecule has 0 aromatic carbocycles. The van der Waals surface area contributed by atoms with Gasteiger partial charge in [-0.3, -0.25) is 0 Å². The first-order chi connectivity index (χ1) is 7.55. The fourth-order valence-electron chi connectivity index (χ4n) is 2.18. The molecule has 0 aliphatic heterocycles. The largest absolute Gasteiger partial charge is 0.490 e. The van der Waals surface area contributed by atoms with Crippen LogP contribution in [0.4, 0.5) is 5.82 Å². The Morgan fingerprint density at radius 2 is 2.06 bits per heavy atom. The summed E-state index contributed by atoms with van der Waals surface area (Å²) in [4.78, 5) is 3.95. The molecule has 0 radical (unpaired) electrons. The Morgan fingerprint density at radius 3 is 2.69 bits per heavy atom. The summed E-state index contributed by atoms with van der Waals surface area (Å²) in [6.07, 6.45) is 6.77. The van der Waals surface area contributed by atoms with Crippen LogP contribution in [0.1, 0.15) is 39.5 Å². The Morgan fingerprint density at radius 1 is 1.38 bits per heavy atom. The number of hydrogen-bond acceptors (Lipinski definition) is 3. The van der Waals surface area contributed by atoms with Gasteiger partial charge in [-0.15, -0.1) is 0 Å². The number of aromatic nitrogens is 1. The van der Waals surface area contributed by atoms with Crippen LogP contribution < -0.4 is 10.5 Å². The third-order valence-corrected chi connectivity index (χ3v) is 3.34. The van der Waals surface area contributed by atoms with E-state index in [1.54, 1.807) is 12.3 Å². The van der Waals surface area contributed by atoms with E-state index in [0.29, 0.717) is 17.3 Å². The molecule has 0 saturated heterocycles. The summed E-state index contributed by atoms with van der Waals surface area (Å²) < 4.78 is 5.91. The van der Waals surface area contributed by atoms with E-state index in [4.69, 9.17) is 10.5 Å². The van der Waals surface area contributed by atoms with Crippen molar-refractivity contribution in [3.8, 4) is 5.75 Å². The van der Waals surface area contributed by atoms with E-state index < -0.39 is 0 Å². The molecule has 0 amide bonds. The van der Waals surface area contributed by atoms with Crippen LogP contribution in [-0.4, -0.2) is 11.1 Å². The highest BCUT2D eigenvalue weighted by Gasteiger charge is 2.27. The molecule has 1 heterocycles. The minimum absolute atomic E-state index is 0.342. The first kappa shape index (κ1) is 11.2. The van der Waals surface area contributed by atoms with Gasteiger partial charge in [0.15, 0.2) is 0 Å². The molecule has 0 spiro atoms. The summed E-state index contributed by atoms with van der Waals surface area (Å²) in [6.45, 7) is 4.65. The summed E-state index contributed by atoms with van der Waals surface area (Å²) in [6, 6.07) is 3.66. The first-order valence-electron chi connectivity index (χ1n) is 5.93. The van der Waals surface area contributed by atoms with Gasteiger partial charge >= 0.3 is 0 Å². The third kappa shape index (κ3) is 2.87. The highest BCUT2D eigenvalue weighted by Crippen LogP contribution is 2.36. The van der Waals surface area contributed by atoms with Gasteiger partial charge in [-0.25, -0.2) is 4.98 Å². The van der Waals surface area contributed by atoms with Gasteiger partial charge in [0.1, 0.15) is 11.6 Å². The average molecular weight is 220 g/mol. The number of nitrogens with zero attached hydrogens (tertiary/aromatic N) is 1. The predicted octanol–water partition coefficient (Wildman–Crippen LogP) is 3.01. The van der Waals surface area contributed by atoms with E-state index in [9.17, 15) is 0 Å². The van der Waals surface area contributed by atoms with Gasteiger partial charge in [-0.05, 0) is 37.2 Å². The lowest BCUT2D eigenvalue weighted by Crippen LogP contribution is -2.28. The molecule has 1 aliphatic rings. The molecule has 88 valence electrons. The molecule has 2 rings (SSSR count). The number of rotatable bonds is 2.